The van der Waals surface area contributed by atoms with Gasteiger partial charge in [0.05, 0.1) is 11.6 Å². The number of nitrogens with zero attached hydrogens (tertiary/aromatic N) is 6. The molecule has 4 rings (SSSR count). The summed E-state index contributed by atoms with van der Waals surface area (Å²) in [4.78, 5) is 13.2. The molecule has 1 unspecified atom stereocenters. The molecule has 2 aliphatic heterocycles. The Bertz CT molecular complexity index is 847. The van der Waals surface area contributed by atoms with Gasteiger partial charge in [0.1, 0.15) is 0 Å². The Morgan fingerprint density at radius 1 is 1.00 bits per heavy atom. The quantitative estimate of drug-likeness (QED) is 0.786. The maximum Gasteiger partial charge on any atom is 0.225 e. The number of rotatable bonds is 2. The highest BCUT2D eigenvalue weighted by molar-refractivity contribution is 5.64. The molecule has 2 aliphatic rings. The fourth-order valence-corrected chi connectivity index (χ4v) is 3.82. The van der Waals surface area contributed by atoms with Gasteiger partial charge in [-0.2, -0.15) is 10.5 Å². The van der Waals surface area contributed by atoms with Crippen LogP contribution < -0.4 is 4.90 Å². The summed E-state index contributed by atoms with van der Waals surface area (Å²) < 4.78 is 0. The minimum Gasteiger partial charge on any atom is -0.340 e. The van der Waals surface area contributed by atoms with Crippen molar-refractivity contribution in [1.29, 1.82) is 10.5 Å². The Morgan fingerprint density at radius 3 is 2.56 bits per heavy atom. The number of anilines is 1. The van der Waals surface area contributed by atoms with Crippen molar-refractivity contribution in [2.45, 2.75) is 6.42 Å². The third-order valence-electron chi connectivity index (χ3n) is 5.19. The summed E-state index contributed by atoms with van der Waals surface area (Å²) in [7, 11) is 0. The van der Waals surface area contributed by atoms with E-state index in [1.54, 1.807) is 6.07 Å². The smallest absolute Gasteiger partial charge is 0.225 e. The largest absolute Gasteiger partial charge is 0.340 e. The molecule has 2 saturated heterocycles. The molecular weight excluding hydrogens is 312 g/mol. The first-order valence-corrected chi connectivity index (χ1v) is 8.49. The molecule has 2 atom stereocenters. The van der Waals surface area contributed by atoms with Crippen LogP contribution in [0, 0.1) is 34.6 Å². The van der Waals surface area contributed by atoms with Gasteiger partial charge in [0.2, 0.25) is 5.95 Å². The Labute approximate surface area is 147 Å². The summed E-state index contributed by atoms with van der Waals surface area (Å²) in [5.41, 5.74) is 2.49. The van der Waals surface area contributed by atoms with Crippen molar-refractivity contribution in [2.75, 3.05) is 31.1 Å². The molecule has 3 heterocycles. The SMILES string of the molecule is N#Cc1cccc(-c2cnc(N3CC4CCN(C#N)C[C@H]4C3)nc2)c1. The predicted molar refractivity (Wildman–Crippen MR) is 93.2 cm³/mol. The van der Waals surface area contributed by atoms with Gasteiger partial charge in [-0.3, -0.25) is 0 Å². The van der Waals surface area contributed by atoms with Crippen molar-refractivity contribution in [3.63, 3.8) is 0 Å². The van der Waals surface area contributed by atoms with Crippen LogP contribution in [-0.4, -0.2) is 41.0 Å². The summed E-state index contributed by atoms with van der Waals surface area (Å²) in [5.74, 6) is 1.89. The Morgan fingerprint density at radius 2 is 1.80 bits per heavy atom. The van der Waals surface area contributed by atoms with Crippen LogP contribution in [-0.2, 0) is 0 Å². The van der Waals surface area contributed by atoms with Gasteiger partial charge < -0.3 is 9.80 Å². The average Bonchev–Trinajstić information content (AvgIpc) is 3.11. The van der Waals surface area contributed by atoms with E-state index in [0.29, 0.717) is 17.4 Å². The minimum atomic E-state index is 0.518. The first kappa shape index (κ1) is 15.4. The monoisotopic (exact) mass is 330 g/mol. The number of hydrogen-bond acceptors (Lipinski definition) is 6. The van der Waals surface area contributed by atoms with E-state index in [0.717, 1.165) is 49.7 Å². The van der Waals surface area contributed by atoms with E-state index < -0.39 is 0 Å². The van der Waals surface area contributed by atoms with Crippen LogP contribution in [0.5, 0.6) is 0 Å². The Balaban J connectivity index is 1.50. The lowest BCUT2D eigenvalue weighted by atomic mass is 9.89. The van der Waals surface area contributed by atoms with Crippen molar-refractivity contribution in [1.82, 2.24) is 14.9 Å². The van der Waals surface area contributed by atoms with E-state index in [2.05, 4.69) is 27.1 Å². The fraction of sp³-hybridized carbons (Fsp3) is 0.368. The summed E-state index contributed by atoms with van der Waals surface area (Å²) >= 11 is 0. The summed E-state index contributed by atoms with van der Waals surface area (Å²) in [6.07, 6.45) is 6.97. The molecule has 124 valence electrons. The van der Waals surface area contributed by atoms with Gasteiger partial charge in [0.25, 0.3) is 0 Å². The molecule has 0 saturated carbocycles. The second-order valence-corrected chi connectivity index (χ2v) is 6.72. The third kappa shape index (κ3) is 2.99. The van der Waals surface area contributed by atoms with Crippen molar-refractivity contribution in [3.05, 3.63) is 42.2 Å². The number of benzene rings is 1. The van der Waals surface area contributed by atoms with Gasteiger partial charge in [-0.25, -0.2) is 9.97 Å². The summed E-state index contributed by atoms with van der Waals surface area (Å²) in [5, 5.41) is 18.1. The van der Waals surface area contributed by atoms with Gasteiger partial charge >= 0.3 is 0 Å². The molecule has 1 aromatic heterocycles. The predicted octanol–water partition coefficient (Wildman–Crippen LogP) is 2.25. The highest BCUT2D eigenvalue weighted by Crippen LogP contribution is 2.32. The minimum absolute atomic E-state index is 0.518. The first-order valence-electron chi connectivity index (χ1n) is 8.49. The normalized spacial score (nSPS) is 22.2. The van der Waals surface area contributed by atoms with E-state index in [9.17, 15) is 0 Å². The van der Waals surface area contributed by atoms with Crippen LogP contribution in [0.3, 0.4) is 0 Å². The van der Waals surface area contributed by atoms with Gasteiger partial charge in [-0.15, -0.1) is 0 Å². The van der Waals surface area contributed by atoms with E-state index >= 15 is 0 Å². The molecule has 0 aliphatic carbocycles. The summed E-state index contributed by atoms with van der Waals surface area (Å²) in [6.45, 7) is 3.58. The van der Waals surface area contributed by atoms with Gasteiger partial charge in [0, 0.05) is 44.1 Å². The number of piperidine rings is 1. The molecule has 0 N–H and O–H groups in total. The van der Waals surface area contributed by atoms with E-state index in [1.807, 2.05) is 35.5 Å². The molecule has 6 heteroatoms. The molecule has 0 amide bonds. The second kappa shape index (κ2) is 6.41. The zero-order valence-corrected chi connectivity index (χ0v) is 13.8. The lowest BCUT2D eigenvalue weighted by Gasteiger charge is -2.30. The lowest BCUT2D eigenvalue weighted by Crippen LogP contribution is -2.36. The zero-order valence-electron chi connectivity index (χ0n) is 13.8. The van der Waals surface area contributed by atoms with Crippen molar-refractivity contribution < 1.29 is 0 Å². The second-order valence-electron chi connectivity index (χ2n) is 6.72. The highest BCUT2D eigenvalue weighted by atomic mass is 15.3. The van der Waals surface area contributed by atoms with Crippen LogP contribution in [0.1, 0.15) is 12.0 Å². The maximum absolute atomic E-state index is 9.09. The molecule has 0 radical (unpaired) electrons. The number of aromatic nitrogens is 2. The van der Waals surface area contributed by atoms with Crippen LogP contribution >= 0.6 is 0 Å². The molecule has 0 bridgehead atoms. The standard InChI is InChI=1S/C19H18N6/c20-7-14-2-1-3-15(6-14)17-8-22-19(23-9-17)25-11-16-4-5-24(13-21)10-18(16)12-25/h1-3,6,8-9,16,18H,4-5,10-12H2/t16?,18-/m0/s1. The molecule has 2 fully saturated rings. The van der Waals surface area contributed by atoms with Crippen LogP contribution in [0.4, 0.5) is 5.95 Å². The topological polar surface area (TPSA) is 79.8 Å². The summed E-state index contributed by atoms with van der Waals surface area (Å²) in [6, 6.07) is 9.61. The number of nitriles is 2. The fourth-order valence-electron chi connectivity index (χ4n) is 3.82. The van der Waals surface area contributed by atoms with Gasteiger partial charge in [-0.05, 0) is 36.0 Å². The number of hydrogen-bond donors (Lipinski definition) is 0. The molecule has 25 heavy (non-hydrogen) atoms. The van der Waals surface area contributed by atoms with Crippen molar-refractivity contribution in [2.24, 2.45) is 11.8 Å². The molecule has 0 spiro atoms. The Hall–Kier alpha value is -3.12. The number of fused-ring (bicyclic) bond motifs is 1. The third-order valence-corrected chi connectivity index (χ3v) is 5.19. The number of likely N-dealkylation sites (tertiary alicyclic amines) is 1. The van der Waals surface area contributed by atoms with E-state index in [4.69, 9.17) is 10.5 Å². The van der Waals surface area contributed by atoms with Crippen LogP contribution in [0.2, 0.25) is 0 Å². The van der Waals surface area contributed by atoms with Gasteiger partial charge in [0.15, 0.2) is 6.19 Å². The zero-order chi connectivity index (χ0) is 17.2. The molecule has 2 aromatic rings. The average molecular weight is 330 g/mol. The maximum atomic E-state index is 9.09. The lowest BCUT2D eigenvalue weighted by molar-refractivity contribution is 0.207. The highest BCUT2D eigenvalue weighted by Gasteiger charge is 2.37. The van der Waals surface area contributed by atoms with Gasteiger partial charge in [-0.1, -0.05) is 12.1 Å². The van der Waals surface area contributed by atoms with Crippen molar-refractivity contribution in [3.8, 4) is 23.4 Å². The van der Waals surface area contributed by atoms with E-state index in [-0.39, 0.29) is 0 Å². The van der Waals surface area contributed by atoms with E-state index in [1.165, 1.54) is 0 Å². The molecule has 6 nitrogen and oxygen atoms in total. The van der Waals surface area contributed by atoms with Crippen molar-refractivity contribution >= 4 is 5.95 Å². The van der Waals surface area contributed by atoms with Crippen LogP contribution in [0.25, 0.3) is 11.1 Å². The van der Waals surface area contributed by atoms with Crippen LogP contribution in [0.15, 0.2) is 36.7 Å². The molecular formula is C19H18N6. The first-order chi connectivity index (χ1) is 12.3. The molecule has 1 aromatic carbocycles. The Kier molecular flexibility index (Phi) is 3.95.